The standard InChI is InChI=1S/C63H39N5S/c1-3-19-40(20-4-1)41-21-15-22-42(39-41)61-64-62(66-63(65-61)51-32-16-31-47-44-25-10-14-38-57(44)69-60(47)51)50-28-9-13-35-54(50)68-53-34-12-8-27-49(53)59-46(30-18-37-56(59)68)45-29-17-36-55-58(45)48-26-7-11-33-52(48)67(55)43-23-5-2-6-24-43/h1-39H. The first kappa shape index (κ1) is 39.2. The fraction of sp³-hybridized carbons (Fsp3) is 0. The molecule has 0 amide bonds. The molecule has 0 N–H and O–H groups in total. The van der Waals surface area contributed by atoms with Crippen LogP contribution < -0.4 is 0 Å². The molecule has 14 aromatic rings. The summed E-state index contributed by atoms with van der Waals surface area (Å²) in [6.07, 6.45) is 0. The molecule has 0 atom stereocenters. The molecule has 0 spiro atoms. The Morgan fingerprint density at radius 1 is 0.304 bits per heavy atom. The van der Waals surface area contributed by atoms with Crippen molar-refractivity contribution in [2.45, 2.75) is 0 Å². The lowest BCUT2D eigenvalue weighted by molar-refractivity contribution is 1.07. The van der Waals surface area contributed by atoms with Gasteiger partial charge in [-0.05, 0) is 89.0 Å². The minimum absolute atomic E-state index is 0.606. The third-order valence-corrected chi connectivity index (χ3v) is 14.8. The Labute approximate surface area is 401 Å². The van der Waals surface area contributed by atoms with E-state index >= 15 is 0 Å². The topological polar surface area (TPSA) is 48.5 Å². The van der Waals surface area contributed by atoms with Crippen LogP contribution in [-0.2, 0) is 0 Å². The third-order valence-electron chi connectivity index (χ3n) is 13.6. The van der Waals surface area contributed by atoms with Crippen molar-refractivity contribution in [3.05, 3.63) is 237 Å². The fourth-order valence-electron chi connectivity index (χ4n) is 10.6. The summed E-state index contributed by atoms with van der Waals surface area (Å²) in [4.78, 5) is 16.2. The summed E-state index contributed by atoms with van der Waals surface area (Å²) in [5.74, 6) is 1.86. The molecule has 0 fully saturated rings. The first-order valence-corrected chi connectivity index (χ1v) is 24.1. The second-order valence-corrected chi connectivity index (χ2v) is 18.5. The van der Waals surface area contributed by atoms with Crippen LogP contribution in [0.25, 0.3) is 132 Å². The third kappa shape index (κ3) is 6.27. The van der Waals surface area contributed by atoms with E-state index in [-0.39, 0.29) is 0 Å². The zero-order valence-electron chi connectivity index (χ0n) is 37.2. The maximum absolute atomic E-state index is 5.46. The predicted octanol–water partition coefficient (Wildman–Crippen LogP) is 16.8. The van der Waals surface area contributed by atoms with Crippen LogP contribution in [0.5, 0.6) is 0 Å². The SMILES string of the molecule is c1ccc(-c2cccc(-c3nc(-c4ccccc4-n4c5ccccc5c5c(-c6cccc7c6c6ccccc6n7-c6ccccc6)cccc54)nc(-c4cccc5c4sc4ccccc45)n3)c2)cc1. The molecule has 0 aliphatic rings. The van der Waals surface area contributed by atoms with E-state index in [0.29, 0.717) is 17.5 Å². The molecule has 0 saturated carbocycles. The van der Waals surface area contributed by atoms with E-state index in [0.717, 1.165) is 54.9 Å². The zero-order chi connectivity index (χ0) is 45.4. The number of rotatable bonds is 7. The molecular weight excluding hydrogens is 859 g/mol. The molecular formula is C63H39N5S. The summed E-state index contributed by atoms with van der Waals surface area (Å²) in [6.45, 7) is 0. The molecule has 0 unspecified atom stereocenters. The van der Waals surface area contributed by atoms with Crippen LogP contribution in [0.15, 0.2) is 237 Å². The highest BCUT2D eigenvalue weighted by Gasteiger charge is 2.24. The van der Waals surface area contributed by atoms with Gasteiger partial charge in [0.1, 0.15) is 0 Å². The zero-order valence-corrected chi connectivity index (χ0v) is 38.0. The Morgan fingerprint density at radius 3 is 1.54 bits per heavy atom. The summed E-state index contributed by atoms with van der Waals surface area (Å²) in [5, 5.41) is 7.26. The number of para-hydroxylation sites is 4. The predicted molar refractivity (Wildman–Crippen MR) is 289 cm³/mol. The minimum Gasteiger partial charge on any atom is -0.309 e. The van der Waals surface area contributed by atoms with Crippen LogP contribution in [0.1, 0.15) is 0 Å². The van der Waals surface area contributed by atoms with E-state index in [4.69, 9.17) is 15.0 Å². The summed E-state index contributed by atoms with van der Waals surface area (Å²) in [7, 11) is 0. The van der Waals surface area contributed by atoms with Crippen LogP contribution in [0, 0.1) is 0 Å². The fourth-order valence-corrected chi connectivity index (χ4v) is 11.8. The van der Waals surface area contributed by atoms with Crippen molar-refractivity contribution < 1.29 is 0 Å². The van der Waals surface area contributed by atoms with Gasteiger partial charge in [0.25, 0.3) is 0 Å². The van der Waals surface area contributed by atoms with Gasteiger partial charge in [-0.2, -0.15) is 0 Å². The lowest BCUT2D eigenvalue weighted by atomic mass is 9.95. The van der Waals surface area contributed by atoms with E-state index < -0.39 is 0 Å². The van der Waals surface area contributed by atoms with Crippen LogP contribution in [-0.4, -0.2) is 24.1 Å². The van der Waals surface area contributed by atoms with Gasteiger partial charge in [-0.15, -0.1) is 11.3 Å². The van der Waals surface area contributed by atoms with Crippen LogP contribution in [0.3, 0.4) is 0 Å². The molecule has 5 nitrogen and oxygen atoms in total. The van der Waals surface area contributed by atoms with Gasteiger partial charge in [-0.25, -0.2) is 15.0 Å². The smallest absolute Gasteiger partial charge is 0.166 e. The van der Waals surface area contributed by atoms with Gasteiger partial charge in [0, 0.05) is 64.1 Å². The molecule has 0 radical (unpaired) electrons. The molecule has 6 heteroatoms. The van der Waals surface area contributed by atoms with Crippen LogP contribution >= 0.6 is 11.3 Å². The normalized spacial score (nSPS) is 11.8. The van der Waals surface area contributed by atoms with Crippen LogP contribution in [0.2, 0.25) is 0 Å². The van der Waals surface area contributed by atoms with Gasteiger partial charge in [0.2, 0.25) is 0 Å². The molecule has 0 aliphatic carbocycles. The molecule has 10 aromatic carbocycles. The highest BCUT2D eigenvalue weighted by molar-refractivity contribution is 7.26. The lowest BCUT2D eigenvalue weighted by Gasteiger charge is -2.15. The highest BCUT2D eigenvalue weighted by Crippen LogP contribution is 2.45. The average molecular weight is 898 g/mol. The lowest BCUT2D eigenvalue weighted by Crippen LogP contribution is -2.03. The minimum atomic E-state index is 0.606. The Balaban J connectivity index is 1.01. The van der Waals surface area contributed by atoms with E-state index in [1.807, 2.05) is 6.07 Å². The number of benzene rings is 10. The van der Waals surface area contributed by atoms with Crippen molar-refractivity contribution in [3.8, 4) is 67.8 Å². The Bertz CT molecular complexity index is 4320. The summed E-state index contributed by atoms with van der Waals surface area (Å²) < 4.78 is 7.19. The summed E-state index contributed by atoms with van der Waals surface area (Å²) in [5.41, 5.74) is 14.1. The summed E-state index contributed by atoms with van der Waals surface area (Å²) in [6, 6.07) is 84.4. The van der Waals surface area contributed by atoms with Crippen molar-refractivity contribution in [1.29, 1.82) is 0 Å². The molecule has 0 aliphatic heterocycles. The van der Waals surface area contributed by atoms with Crippen molar-refractivity contribution in [3.63, 3.8) is 0 Å². The number of nitrogens with zero attached hydrogens (tertiary/aromatic N) is 5. The average Bonchev–Trinajstić information content (AvgIpc) is 4.09. The molecule has 4 aromatic heterocycles. The number of fused-ring (bicyclic) bond motifs is 9. The Kier molecular flexibility index (Phi) is 9.00. The summed E-state index contributed by atoms with van der Waals surface area (Å²) >= 11 is 1.78. The Hall–Kier alpha value is -8.97. The molecule has 0 bridgehead atoms. The van der Waals surface area contributed by atoms with Crippen LogP contribution in [0.4, 0.5) is 0 Å². The van der Waals surface area contributed by atoms with E-state index in [1.165, 1.54) is 59.2 Å². The molecule has 0 saturated heterocycles. The second-order valence-electron chi connectivity index (χ2n) is 17.5. The maximum atomic E-state index is 5.46. The van der Waals surface area contributed by atoms with Crippen molar-refractivity contribution in [1.82, 2.24) is 24.1 Å². The van der Waals surface area contributed by atoms with Gasteiger partial charge in [0.15, 0.2) is 17.5 Å². The maximum Gasteiger partial charge on any atom is 0.166 e. The van der Waals surface area contributed by atoms with Gasteiger partial charge in [-0.1, -0.05) is 170 Å². The van der Waals surface area contributed by atoms with Gasteiger partial charge in [0.05, 0.1) is 27.8 Å². The van der Waals surface area contributed by atoms with Crippen molar-refractivity contribution in [2.75, 3.05) is 0 Å². The van der Waals surface area contributed by atoms with Gasteiger partial charge < -0.3 is 9.13 Å². The van der Waals surface area contributed by atoms with Crippen molar-refractivity contribution >= 4 is 75.1 Å². The molecule has 14 rings (SSSR count). The quantitative estimate of drug-likeness (QED) is 0.160. The van der Waals surface area contributed by atoms with Gasteiger partial charge in [-0.3, -0.25) is 0 Å². The monoisotopic (exact) mass is 897 g/mol. The number of thiophene rings is 1. The van der Waals surface area contributed by atoms with E-state index in [9.17, 15) is 0 Å². The number of hydrogen-bond acceptors (Lipinski definition) is 4. The van der Waals surface area contributed by atoms with E-state index in [2.05, 4.69) is 240 Å². The first-order valence-electron chi connectivity index (χ1n) is 23.3. The molecule has 322 valence electrons. The molecule has 69 heavy (non-hydrogen) atoms. The van der Waals surface area contributed by atoms with E-state index in [1.54, 1.807) is 11.3 Å². The number of hydrogen-bond donors (Lipinski definition) is 0. The number of aromatic nitrogens is 5. The second kappa shape index (κ2) is 15.8. The van der Waals surface area contributed by atoms with Gasteiger partial charge >= 0.3 is 0 Å². The first-order chi connectivity index (χ1) is 34.2. The highest BCUT2D eigenvalue weighted by atomic mass is 32.1. The Morgan fingerprint density at radius 2 is 0.783 bits per heavy atom. The van der Waals surface area contributed by atoms with Crippen molar-refractivity contribution in [2.24, 2.45) is 0 Å². The largest absolute Gasteiger partial charge is 0.309 e. The molecule has 4 heterocycles.